The molecule has 1 amide bonds. The van der Waals surface area contributed by atoms with Gasteiger partial charge >= 0.3 is 5.97 Å². The summed E-state index contributed by atoms with van der Waals surface area (Å²) >= 11 is 0. The first kappa shape index (κ1) is 17.1. The van der Waals surface area contributed by atoms with E-state index in [2.05, 4.69) is 5.32 Å². The largest absolute Gasteiger partial charge is 0.478 e. The quantitative estimate of drug-likeness (QED) is 0.752. The van der Waals surface area contributed by atoms with Crippen molar-refractivity contribution in [3.63, 3.8) is 0 Å². The molecule has 0 aliphatic rings. The second-order valence-corrected chi connectivity index (χ2v) is 6.33. The number of rotatable bonds is 7. The predicted octanol–water partition coefficient (Wildman–Crippen LogP) is 0.283. The number of sulfonamides is 1. The van der Waals surface area contributed by atoms with Crippen LogP contribution in [0.3, 0.4) is 0 Å². The Morgan fingerprint density at radius 1 is 1.33 bits per heavy atom. The van der Waals surface area contributed by atoms with E-state index in [1.165, 1.54) is 31.3 Å². The molecule has 0 unspecified atom stereocenters. The van der Waals surface area contributed by atoms with Crippen molar-refractivity contribution in [3.05, 3.63) is 35.4 Å². The molecule has 0 aliphatic heterocycles. The van der Waals surface area contributed by atoms with Crippen LogP contribution in [0.5, 0.6) is 0 Å². The number of carbonyl (C=O) groups is 2. The Kier molecular flexibility index (Phi) is 5.86. The molecule has 0 heterocycles. The highest BCUT2D eigenvalue weighted by Gasteiger charge is 2.23. The minimum Gasteiger partial charge on any atom is -0.478 e. The Hall–Kier alpha value is -1.93. The van der Waals surface area contributed by atoms with Crippen molar-refractivity contribution in [2.24, 2.45) is 0 Å². The zero-order chi connectivity index (χ0) is 16.0. The Balaban J connectivity index is 2.95. The lowest BCUT2D eigenvalue weighted by Gasteiger charge is -2.19. The monoisotopic (exact) mass is 314 g/mol. The van der Waals surface area contributed by atoms with Gasteiger partial charge in [0.25, 0.3) is 0 Å². The number of carboxylic acids is 1. The van der Waals surface area contributed by atoms with Crippen LogP contribution in [0.2, 0.25) is 0 Å². The van der Waals surface area contributed by atoms with E-state index in [1.54, 1.807) is 6.92 Å². The van der Waals surface area contributed by atoms with Gasteiger partial charge in [-0.3, -0.25) is 4.79 Å². The lowest BCUT2D eigenvalue weighted by molar-refractivity contribution is -0.120. The summed E-state index contributed by atoms with van der Waals surface area (Å²) in [4.78, 5) is 22.2. The first-order chi connectivity index (χ1) is 9.80. The molecule has 1 aromatic carbocycles. The number of hydrogen-bond acceptors (Lipinski definition) is 4. The second-order valence-electron chi connectivity index (χ2n) is 4.36. The van der Waals surface area contributed by atoms with Crippen LogP contribution in [0, 0.1) is 0 Å². The third-order valence-corrected chi connectivity index (χ3v) is 4.74. The fourth-order valence-corrected chi connectivity index (χ4v) is 3.23. The number of carbonyl (C=O) groups excluding carboxylic acids is 1. The Labute approximate surface area is 123 Å². The molecule has 0 aromatic heterocycles. The van der Waals surface area contributed by atoms with Gasteiger partial charge in [0.1, 0.15) is 0 Å². The maximum absolute atomic E-state index is 12.3. The first-order valence-electron chi connectivity index (χ1n) is 6.30. The zero-order valence-corrected chi connectivity index (χ0v) is 12.7. The van der Waals surface area contributed by atoms with E-state index in [1.807, 2.05) is 0 Å². The second kappa shape index (κ2) is 7.19. The number of carboxylic acid groups (broad SMARTS) is 1. The van der Waals surface area contributed by atoms with Crippen molar-refractivity contribution in [1.82, 2.24) is 9.62 Å². The van der Waals surface area contributed by atoms with Crippen LogP contribution in [0.15, 0.2) is 24.3 Å². The number of hydrogen-bond donors (Lipinski definition) is 2. The summed E-state index contributed by atoms with van der Waals surface area (Å²) in [6.07, 6.45) is 0. The van der Waals surface area contributed by atoms with E-state index in [0.29, 0.717) is 5.56 Å². The van der Waals surface area contributed by atoms with E-state index in [-0.39, 0.29) is 24.4 Å². The summed E-state index contributed by atoms with van der Waals surface area (Å²) in [6, 6.07) is 5.73. The lowest BCUT2D eigenvalue weighted by Crippen LogP contribution is -2.40. The molecule has 1 aromatic rings. The smallest absolute Gasteiger partial charge is 0.335 e. The van der Waals surface area contributed by atoms with Crippen LogP contribution in [0.1, 0.15) is 22.8 Å². The van der Waals surface area contributed by atoms with Crippen LogP contribution in [0.4, 0.5) is 0 Å². The maximum atomic E-state index is 12.3. The summed E-state index contributed by atoms with van der Waals surface area (Å²) in [7, 11) is -2.26. The fraction of sp³-hybridized carbons (Fsp3) is 0.385. The van der Waals surface area contributed by atoms with Gasteiger partial charge in [-0.15, -0.1) is 0 Å². The molecule has 0 spiro atoms. The van der Waals surface area contributed by atoms with Gasteiger partial charge in [-0.05, 0) is 17.7 Å². The fourth-order valence-electron chi connectivity index (χ4n) is 1.74. The molecular weight excluding hydrogens is 296 g/mol. The lowest BCUT2D eigenvalue weighted by atomic mass is 10.1. The highest BCUT2D eigenvalue weighted by atomic mass is 32.2. The number of amides is 1. The predicted molar refractivity (Wildman–Crippen MR) is 77.3 cm³/mol. The van der Waals surface area contributed by atoms with Crippen molar-refractivity contribution >= 4 is 21.9 Å². The highest BCUT2D eigenvalue weighted by Crippen LogP contribution is 2.13. The minimum atomic E-state index is -3.69. The summed E-state index contributed by atoms with van der Waals surface area (Å²) in [5.74, 6) is -1.87. The van der Waals surface area contributed by atoms with Crippen LogP contribution in [-0.4, -0.2) is 49.8 Å². The SMILES string of the molecule is CCN(CC(=O)NC)S(=O)(=O)Cc1cccc(C(=O)O)c1. The van der Waals surface area contributed by atoms with E-state index in [9.17, 15) is 18.0 Å². The molecule has 1 rings (SSSR count). The van der Waals surface area contributed by atoms with Crippen LogP contribution in [-0.2, 0) is 20.6 Å². The molecule has 0 aliphatic carbocycles. The average molecular weight is 314 g/mol. The van der Waals surface area contributed by atoms with Crippen LogP contribution >= 0.6 is 0 Å². The molecule has 21 heavy (non-hydrogen) atoms. The third-order valence-electron chi connectivity index (χ3n) is 2.87. The minimum absolute atomic E-state index is 0.0250. The van der Waals surface area contributed by atoms with Gasteiger partial charge in [0.15, 0.2) is 0 Å². The topological polar surface area (TPSA) is 104 Å². The van der Waals surface area contributed by atoms with E-state index >= 15 is 0 Å². The summed E-state index contributed by atoms with van der Waals surface area (Å²) < 4.78 is 25.6. The Morgan fingerprint density at radius 2 is 2.00 bits per heavy atom. The Bertz CT molecular complexity index is 627. The van der Waals surface area contributed by atoms with Crippen molar-refractivity contribution in [1.29, 1.82) is 0 Å². The highest BCUT2D eigenvalue weighted by molar-refractivity contribution is 7.88. The van der Waals surface area contributed by atoms with Crippen molar-refractivity contribution in [2.45, 2.75) is 12.7 Å². The van der Waals surface area contributed by atoms with E-state index in [4.69, 9.17) is 5.11 Å². The number of benzene rings is 1. The molecule has 0 saturated heterocycles. The number of likely N-dealkylation sites (N-methyl/N-ethyl adjacent to an activating group) is 2. The van der Waals surface area contributed by atoms with Crippen molar-refractivity contribution in [2.75, 3.05) is 20.1 Å². The van der Waals surface area contributed by atoms with Crippen LogP contribution in [0.25, 0.3) is 0 Å². The number of nitrogens with one attached hydrogen (secondary N) is 1. The summed E-state index contributed by atoms with van der Waals surface area (Å²) in [5, 5.41) is 11.3. The number of aromatic carboxylic acids is 1. The molecule has 0 saturated carbocycles. The van der Waals surface area contributed by atoms with E-state index < -0.39 is 21.9 Å². The average Bonchev–Trinajstić information content (AvgIpc) is 2.43. The van der Waals surface area contributed by atoms with Gasteiger partial charge in [0.2, 0.25) is 15.9 Å². The molecule has 0 radical (unpaired) electrons. The zero-order valence-electron chi connectivity index (χ0n) is 11.9. The number of nitrogens with zero attached hydrogens (tertiary/aromatic N) is 1. The standard InChI is InChI=1S/C13H18N2O5S/c1-3-15(8-12(16)14-2)21(19,20)9-10-5-4-6-11(7-10)13(17)18/h4-7H,3,8-9H2,1-2H3,(H,14,16)(H,17,18). The first-order valence-corrected chi connectivity index (χ1v) is 7.91. The van der Waals surface area contributed by atoms with Gasteiger partial charge in [-0.2, -0.15) is 4.31 Å². The van der Waals surface area contributed by atoms with Gasteiger partial charge in [-0.1, -0.05) is 19.1 Å². The van der Waals surface area contributed by atoms with Crippen molar-refractivity contribution in [3.8, 4) is 0 Å². The summed E-state index contributed by atoms with van der Waals surface area (Å²) in [5.41, 5.74) is 0.391. The van der Waals surface area contributed by atoms with Gasteiger partial charge in [0, 0.05) is 13.6 Å². The summed E-state index contributed by atoms with van der Waals surface area (Å²) in [6.45, 7) is 1.54. The van der Waals surface area contributed by atoms with Gasteiger partial charge in [0.05, 0.1) is 17.9 Å². The molecule has 0 bridgehead atoms. The van der Waals surface area contributed by atoms with Gasteiger partial charge in [-0.25, -0.2) is 13.2 Å². The molecule has 0 fully saturated rings. The third kappa shape index (κ3) is 4.83. The van der Waals surface area contributed by atoms with Crippen molar-refractivity contribution < 1.29 is 23.1 Å². The maximum Gasteiger partial charge on any atom is 0.335 e. The molecule has 0 atom stereocenters. The Morgan fingerprint density at radius 3 is 2.52 bits per heavy atom. The molecule has 8 heteroatoms. The normalized spacial score (nSPS) is 11.4. The van der Waals surface area contributed by atoms with Gasteiger partial charge < -0.3 is 10.4 Å². The molecule has 2 N–H and O–H groups in total. The van der Waals surface area contributed by atoms with E-state index in [0.717, 1.165) is 4.31 Å². The molecule has 116 valence electrons. The molecular formula is C13H18N2O5S. The molecule has 7 nitrogen and oxygen atoms in total. The van der Waals surface area contributed by atoms with Crippen LogP contribution < -0.4 is 5.32 Å².